The standard InChI is InChI=1S/C21H29NO7S/c1-7-12-28-20(24)29-14(2)17-18(23)22(19(17)30(25,26)21(3,4)5)13-15-8-10-16(27-6)11-9-15/h7-11,14,17,19H,1,12-13H2,2-6H3/t14-,17?,19?/m1/s1. The zero-order chi connectivity index (χ0) is 22.7. The first kappa shape index (κ1) is 23.7. The number of amides is 1. The molecular formula is C21H29NO7S. The van der Waals surface area contributed by atoms with Crippen molar-refractivity contribution in [1.29, 1.82) is 0 Å². The van der Waals surface area contributed by atoms with Crippen molar-refractivity contribution in [2.24, 2.45) is 5.92 Å². The Bertz CT molecular complexity index is 887. The number of hydrogen-bond acceptors (Lipinski definition) is 7. The molecule has 0 radical (unpaired) electrons. The van der Waals surface area contributed by atoms with Crippen LogP contribution in [0.5, 0.6) is 5.75 Å². The van der Waals surface area contributed by atoms with Gasteiger partial charge in [0.2, 0.25) is 5.91 Å². The van der Waals surface area contributed by atoms with Crippen LogP contribution in [0.1, 0.15) is 33.3 Å². The largest absolute Gasteiger partial charge is 0.508 e. The lowest BCUT2D eigenvalue weighted by Crippen LogP contribution is -2.69. The number of benzene rings is 1. The molecule has 9 heteroatoms. The summed E-state index contributed by atoms with van der Waals surface area (Å²) in [4.78, 5) is 26.0. The Morgan fingerprint density at radius 1 is 1.27 bits per heavy atom. The summed E-state index contributed by atoms with van der Waals surface area (Å²) in [6.07, 6.45) is -0.566. The Balaban J connectivity index is 2.28. The van der Waals surface area contributed by atoms with Crippen LogP contribution in [-0.4, -0.2) is 55.3 Å². The minimum atomic E-state index is -3.77. The molecule has 0 aliphatic carbocycles. The van der Waals surface area contributed by atoms with Crippen LogP contribution in [0, 0.1) is 5.92 Å². The van der Waals surface area contributed by atoms with Gasteiger partial charge in [-0.15, -0.1) is 0 Å². The van der Waals surface area contributed by atoms with Crippen LogP contribution in [0.2, 0.25) is 0 Å². The molecule has 1 saturated heterocycles. The summed E-state index contributed by atoms with van der Waals surface area (Å²) >= 11 is 0. The second kappa shape index (κ2) is 9.07. The van der Waals surface area contributed by atoms with E-state index < -0.39 is 44.0 Å². The third-order valence-electron chi connectivity index (χ3n) is 4.97. The van der Waals surface area contributed by atoms with Gasteiger partial charge in [0.05, 0.1) is 11.9 Å². The van der Waals surface area contributed by atoms with Gasteiger partial charge in [0.15, 0.2) is 9.84 Å². The quantitative estimate of drug-likeness (QED) is 0.349. The number of carbonyl (C=O) groups excluding carboxylic acids is 2. The van der Waals surface area contributed by atoms with Crippen LogP contribution < -0.4 is 4.74 Å². The number of ether oxygens (including phenoxy) is 3. The normalized spacial score (nSPS) is 20.2. The van der Waals surface area contributed by atoms with Crippen molar-refractivity contribution < 1.29 is 32.2 Å². The van der Waals surface area contributed by atoms with E-state index in [0.717, 1.165) is 5.56 Å². The Morgan fingerprint density at radius 3 is 2.37 bits per heavy atom. The van der Waals surface area contributed by atoms with Crippen molar-refractivity contribution in [2.75, 3.05) is 13.7 Å². The minimum absolute atomic E-state index is 0.0442. The topological polar surface area (TPSA) is 99.2 Å². The van der Waals surface area contributed by atoms with E-state index in [1.165, 1.54) is 17.9 Å². The maximum atomic E-state index is 13.3. The lowest BCUT2D eigenvalue weighted by Gasteiger charge is -2.49. The Kier molecular flexibility index (Phi) is 7.18. The molecule has 1 aliphatic heterocycles. The Labute approximate surface area is 177 Å². The van der Waals surface area contributed by atoms with Crippen LogP contribution in [-0.2, 0) is 30.7 Å². The molecule has 0 aromatic heterocycles. The molecule has 1 fully saturated rings. The lowest BCUT2D eigenvalue weighted by molar-refractivity contribution is -0.159. The van der Waals surface area contributed by atoms with E-state index in [4.69, 9.17) is 14.2 Å². The van der Waals surface area contributed by atoms with Gasteiger partial charge < -0.3 is 19.1 Å². The van der Waals surface area contributed by atoms with Gasteiger partial charge in [0, 0.05) is 6.54 Å². The van der Waals surface area contributed by atoms with Gasteiger partial charge in [-0.1, -0.05) is 24.8 Å². The molecule has 1 aliphatic rings. The number of nitrogens with zero attached hydrogens (tertiary/aromatic N) is 1. The molecule has 3 atom stereocenters. The maximum absolute atomic E-state index is 13.3. The molecule has 0 N–H and O–H groups in total. The van der Waals surface area contributed by atoms with E-state index in [1.807, 2.05) is 0 Å². The van der Waals surface area contributed by atoms with Crippen molar-refractivity contribution in [3.63, 3.8) is 0 Å². The highest BCUT2D eigenvalue weighted by atomic mass is 32.2. The second-order valence-corrected chi connectivity index (χ2v) is 10.9. The zero-order valence-corrected chi connectivity index (χ0v) is 18.8. The van der Waals surface area contributed by atoms with E-state index in [0.29, 0.717) is 5.75 Å². The first-order valence-electron chi connectivity index (χ1n) is 9.55. The second-order valence-electron chi connectivity index (χ2n) is 8.06. The van der Waals surface area contributed by atoms with Crippen LogP contribution in [0.15, 0.2) is 36.9 Å². The van der Waals surface area contributed by atoms with E-state index in [9.17, 15) is 18.0 Å². The molecule has 0 spiro atoms. The summed E-state index contributed by atoms with van der Waals surface area (Å²) in [6.45, 7) is 9.75. The van der Waals surface area contributed by atoms with E-state index in [2.05, 4.69) is 6.58 Å². The smallest absolute Gasteiger partial charge is 0.497 e. The van der Waals surface area contributed by atoms with Gasteiger partial charge in [-0.25, -0.2) is 13.2 Å². The van der Waals surface area contributed by atoms with Crippen molar-refractivity contribution in [3.8, 4) is 5.75 Å². The van der Waals surface area contributed by atoms with Gasteiger partial charge in [-0.05, 0) is 45.4 Å². The first-order valence-corrected chi connectivity index (χ1v) is 11.1. The number of methoxy groups -OCH3 is 1. The molecule has 1 aromatic carbocycles. The summed E-state index contributed by atoms with van der Waals surface area (Å²) in [7, 11) is -2.22. The third kappa shape index (κ3) is 4.77. The third-order valence-corrected chi connectivity index (χ3v) is 7.86. The first-order chi connectivity index (χ1) is 13.9. The summed E-state index contributed by atoms with van der Waals surface area (Å²) in [5.74, 6) is -0.748. The van der Waals surface area contributed by atoms with Crippen LogP contribution >= 0.6 is 0 Å². The Hall–Kier alpha value is -2.55. The molecule has 2 unspecified atom stereocenters. The van der Waals surface area contributed by atoms with Crippen LogP contribution in [0.4, 0.5) is 4.79 Å². The fourth-order valence-corrected chi connectivity index (χ4v) is 5.15. The zero-order valence-electron chi connectivity index (χ0n) is 18.0. The molecule has 0 saturated carbocycles. The predicted molar refractivity (Wildman–Crippen MR) is 112 cm³/mol. The molecule has 30 heavy (non-hydrogen) atoms. The van der Waals surface area contributed by atoms with Crippen molar-refractivity contribution in [3.05, 3.63) is 42.5 Å². The molecule has 0 bridgehead atoms. The molecule has 8 nitrogen and oxygen atoms in total. The van der Waals surface area contributed by atoms with Gasteiger partial charge in [-0.2, -0.15) is 0 Å². The number of carbonyl (C=O) groups is 2. The minimum Gasteiger partial charge on any atom is -0.497 e. The summed E-state index contributed by atoms with van der Waals surface area (Å²) in [5, 5.41) is -1.12. The average Bonchev–Trinajstić information content (AvgIpc) is 2.67. The van der Waals surface area contributed by atoms with Gasteiger partial charge in [-0.3, -0.25) is 4.79 Å². The van der Waals surface area contributed by atoms with Gasteiger partial charge >= 0.3 is 6.16 Å². The highest BCUT2D eigenvalue weighted by molar-refractivity contribution is 7.93. The highest BCUT2D eigenvalue weighted by Crippen LogP contribution is 2.40. The average molecular weight is 440 g/mol. The number of β-lactam (4-membered cyclic amide) rings is 1. The fourth-order valence-electron chi connectivity index (χ4n) is 3.19. The van der Waals surface area contributed by atoms with Crippen molar-refractivity contribution in [2.45, 2.75) is 50.5 Å². The summed E-state index contributed by atoms with van der Waals surface area (Å²) in [6, 6.07) is 7.02. The summed E-state index contributed by atoms with van der Waals surface area (Å²) < 4.78 is 40.5. The number of likely N-dealkylation sites (tertiary alicyclic amines) is 1. The SMILES string of the molecule is C=CCOC(=O)O[C@H](C)C1C(=O)N(Cc2ccc(OC)cc2)C1S(=O)(=O)C(C)(C)C. The lowest BCUT2D eigenvalue weighted by atomic mass is 9.92. The van der Waals surface area contributed by atoms with Crippen molar-refractivity contribution >= 4 is 21.9 Å². The van der Waals surface area contributed by atoms with Crippen LogP contribution in [0.3, 0.4) is 0 Å². The number of hydrogen-bond donors (Lipinski definition) is 0. The van der Waals surface area contributed by atoms with E-state index in [1.54, 1.807) is 52.1 Å². The molecule has 166 valence electrons. The monoisotopic (exact) mass is 439 g/mol. The van der Waals surface area contributed by atoms with E-state index in [-0.39, 0.29) is 13.2 Å². The van der Waals surface area contributed by atoms with Crippen LogP contribution in [0.25, 0.3) is 0 Å². The molecule has 1 aromatic rings. The van der Waals surface area contributed by atoms with Gasteiger partial charge in [0.25, 0.3) is 0 Å². The van der Waals surface area contributed by atoms with E-state index >= 15 is 0 Å². The highest BCUT2D eigenvalue weighted by Gasteiger charge is 2.59. The molecule has 1 heterocycles. The van der Waals surface area contributed by atoms with Gasteiger partial charge in [0.1, 0.15) is 29.8 Å². The number of sulfone groups is 1. The molecular weight excluding hydrogens is 410 g/mol. The Morgan fingerprint density at radius 2 is 1.87 bits per heavy atom. The summed E-state index contributed by atoms with van der Waals surface area (Å²) in [5.41, 5.74) is 0.760. The van der Waals surface area contributed by atoms with Crippen molar-refractivity contribution in [1.82, 2.24) is 4.90 Å². The molecule has 1 amide bonds. The fraction of sp³-hybridized carbons (Fsp3) is 0.524. The predicted octanol–water partition coefficient (Wildman–Crippen LogP) is 2.92. The molecule has 2 rings (SSSR count). The number of rotatable bonds is 8. The maximum Gasteiger partial charge on any atom is 0.508 e.